The van der Waals surface area contributed by atoms with Gasteiger partial charge in [0.25, 0.3) is 0 Å². The number of anilines is 1. The summed E-state index contributed by atoms with van der Waals surface area (Å²) < 4.78 is 21.0. The maximum Gasteiger partial charge on any atom is 0.213 e. The minimum atomic E-state index is -0.307. The largest absolute Gasteiger partial charge is 0.475 e. The number of imidazole rings is 1. The second-order valence-electron chi connectivity index (χ2n) is 5.07. The highest BCUT2D eigenvalue weighted by Crippen LogP contribution is 2.17. The number of rotatable bonds is 7. The van der Waals surface area contributed by atoms with E-state index in [1.807, 2.05) is 12.1 Å². The molecule has 3 aromatic rings. The quantitative estimate of drug-likeness (QED) is 0.697. The lowest BCUT2D eigenvalue weighted by Crippen LogP contribution is -2.04. The minimum Gasteiger partial charge on any atom is -0.475 e. The minimum absolute atomic E-state index is 0.0533. The number of hydrogen-bond donors (Lipinski definition) is 2. The van der Waals surface area contributed by atoms with E-state index < -0.39 is 0 Å². The first kappa shape index (κ1) is 15.9. The number of ether oxygens (including phenoxy) is 1. The van der Waals surface area contributed by atoms with Crippen LogP contribution in [0.1, 0.15) is 5.56 Å². The molecule has 0 fully saturated rings. The Hall–Kier alpha value is -2.93. The molecule has 3 rings (SSSR count). The Balaban J connectivity index is 1.61. The van der Waals surface area contributed by atoms with Gasteiger partial charge in [0.1, 0.15) is 12.4 Å². The van der Waals surface area contributed by atoms with Gasteiger partial charge in [0.2, 0.25) is 5.88 Å². The summed E-state index contributed by atoms with van der Waals surface area (Å²) in [7, 11) is 0. The lowest BCUT2D eigenvalue weighted by molar-refractivity contribution is 0.196. The Morgan fingerprint density at radius 2 is 2.17 bits per heavy atom. The summed E-state index contributed by atoms with van der Waals surface area (Å²) in [6.45, 7) is 0.629. The van der Waals surface area contributed by atoms with E-state index >= 15 is 0 Å². The van der Waals surface area contributed by atoms with Crippen LogP contribution in [0.4, 0.5) is 10.1 Å². The third kappa shape index (κ3) is 3.88. The van der Waals surface area contributed by atoms with Gasteiger partial charge >= 0.3 is 0 Å². The van der Waals surface area contributed by atoms with E-state index in [-0.39, 0.29) is 19.0 Å². The van der Waals surface area contributed by atoms with Crippen molar-refractivity contribution < 1.29 is 14.2 Å². The van der Waals surface area contributed by atoms with E-state index in [9.17, 15) is 4.39 Å². The van der Waals surface area contributed by atoms with Gasteiger partial charge in [0.15, 0.2) is 0 Å². The maximum absolute atomic E-state index is 14.2. The van der Waals surface area contributed by atoms with Gasteiger partial charge in [-0.25, -0.2) is 14.4 Å². The predicted molar refractivity (Wildman–Crippen MR) is 87.7 cm³/mol. The van der Waals surface area contributed by atoms with E-state index in [2.05, 4.69) is 15.3 Å². The van der Waals surface area contributed by atoms with Gasteiger partial charge in [-0.2, -0.15) is 0 Å². The van der Waals surface area contributed by atoms with Crippen molar-refractivity contribution in [2.75, 3.05) is 18.5 Å². The average molecular weight is 328 g/mol. The first-order valence-corrected chi connectivity index (χ1v) is 7.46. The van der Waals surface area contributed by atoms with Gasteiger partial charge in [-0.1, -0.05) is 6.07 Å². The van der Waals surface area contributed by atoms with Gasteiger partial charge in [0.05, 0.1) is 30.5 Å². The summed E-state index contributed by atoms with van der Waals surface area (Å²) in [5.74, 6) is 0.142. The molecule has 124 valence electrons. The molecule has 0 spiro atoms. The van der Waals surface area contributed by atoms with Crippen LogP contribution in [-0.2, 0) is 6.54 Å². The monoisotopic (exact) mass is 328 g/mol. The maximum atomic E-state index is 14.2. The molecule has 0 amide bonds. The lowest BCUT2D eigenvalue weighted by Gasteiger charge is -2.09. The van der Waals surface area contributed by atoms with Crippen molar-refractivity contribution in [2.24, 2.45) is 0 Å². The lowest BCUT2D eigenvalue weighted by atomic mass is 10.2. The number of aliphatic hydroxyl groups is 1. The highest BCUT2D eigenvalue weighted by Gasteiger charge is 2.05. The molecule has 2 aromatic heterocycles. The average Bonchev–Trinajstić information content (AvgIpc) is 3.13. The zero-order valence-electron chi connectivity index (χ0n) is 12.9. The fraction of sp³-hybridized carbons (Fsp3) is 0.176. The van der Waals surface area contributed by atoms with E-state index in [1.165, 1.54) is 6.07 Å². The van der Waals surface area contributed by atoms with Crippen LogP contribution in [0.15, 0.2) is 55.2 Å². The van der Waals surface area contributed by atoms with Crippen LogP contribution < -0.4 is 10.1 Å². The van der Waals surface area contributed by atoms with Gasteiger partial charge in [-0.3, -0.25) is 0 Å². The SMILES string of the molecule is OCCOc1ccc(NCc2ccc(-n3ccnc3)c(F)c2)cn1. The molecule has 0 atom stereocenters. The van der Waals surface area contributed by atoms with Crippen molar-refractivity contribution in [1.82, 2.24) is 14.5 Å². The topological polar surface area (TPSA) is 72.2 Å². The molecule has 0 bridgehead atoms. The van der Waals surface area contributed by atoms with Crippen LogP contribution >= 0.6 is 0 Å². The van der Waals surface area contributed by atoms with Gasteiger partial charge in [-0.15, -0.1) is 0 Å². The molecule has 0 radical (unpaired) electrons. The zero-order valence-corrected chi connectivity index (χ0v) is 12.9. The molecule has 6 nitrogen and oxygen atoms in total. The number of nitrogens with zero attached hydrogens (tertiary/aromatic N) is 3. The Morgan fingerprint density at radius 3 is 2.83 bits per heavy atom. The number of pyridine rings is 1. The van der Waals surface area contributed by atoms with E-state index in [0.717, 1.165) is 11.3 Å². The second kappa shape index (κ2) is 7.56. The molecular formula is C17H17FN4O2. The number of aromatic nitrogens is 3. The number of halogens is 1. The number of hydrogen-bond acceptors (Lipinski definition) is 5. The predicted octanol–water partition coefficient (Wildman–Crippen LogP) is 2.39. The normalized spacial score (nSPS) is 10.6. The molecule has 2 N–H and O–H groups in total. The molecule has 0 unspecified atom stereocenters. The third-order valence-electron chi connectivity index (χ3n) is 3.37. The zero-order chi connectivity index (χ0) is 16.8. The van der Waals surface area contributed by atoms with Gasteiger partial charge in [0, 0.05) is 25.0 Å². The number of aliphatic hydroxyl groups excluding tert-OH is 1. The van der Waals surface area contributed by atoms with Crippen LogP contribution in [0.3, 0.4) is 0 Å². The summed E-state index contributed by atoms with van der Waals surface area (Å²) in [5.41, 5.74) is 2.07. The highest BCUT2D eigenvalue weighted by molar-refractivity contribution is 5.44. The second-order valence-corrected chi connectivity index (χ2v) is 5.07. The third-order valence-corrected chi connectivity index (χ3v) is 3.37. The van der Waals surface area contributed by atoms with Crippen molar-refractivity contribution >= 4 is 5.69 Å². The molecular weight excluding hydrogens is 311 g/mol. The molecule has 2 heterocycles. The Labute approximate surface area is 138 Å². The summed E-state index contributed by atoms with van der Waals surface area (Å²) in [6.07, 6.45) is 6.49. The number of benzene rings is 1. The van der Waals surface area contributed by atoms with Crippen molar-refractivity contribution in [3.63, 3.8) is 0 Å². The molecule has 1 aromatic carbocycles. The molecule has 0 saturated carbocycles. The summed E-state index contributed by atoms with van der Waals surface area (Å²) in [5, 5.41) is 11.9. The standard InChI is InChI=1S/C17H17FN4O2/c18-15-9-13(1-3-16(15)22-6-5-19-12-22)10-20-14-2-4-17(21-11-14)24-8-7-23/h1-6,9,11-12,20,23H,7-8,10H2. The van der Waals surface area contributed by atoms with Crippen LogP contribution in [0, 0.1) is 5.82 Å². The van der Waals surface area contributed by atoms with Crippen LogP contribution in [-0.4, -0.2) is 32.9 Å². The van der Waals surface area contributed by atoms with Crippen molar-refractivity contribution in [2.45, 2.75) is 6.54 Å². The smallest absolute Gasteiger partial charge is 0.213 e. The summed E-state index contributed by atoms with van der Waals surface area (Å²) >= 11 is 0. The molecule has 24 heavy (non-hydrogen) atoms. The molecule has 7 heteroatoms. The molecule has 0 aliphatic rings. The van der Waals surface area contributed by atoms with Gasteiger partial charge in [-0.05, 0) is 23.8 Å². The molecule has 0 saturated heterocycles. The van der Waals surface area contributed by atoms with Gasteiger partial charge < -0.3 is 19.7 Å². The van der Waals surface area contributed by atoms with Crippen molar-refractivity contribution in [3.05, 3.63) is 66.6 Å². The van der Waals surface area contributed by atoms with Crippen LogP contribution in [0.25, 0.3) is 5.69 Å². The van der Waals surface area contributed by atoms with Crippen molar-refractivity contribution in [3.8, 4) is 11.6 Å². The van der Waals surface area contributed by atoms with Crippen molar-refractivity contribution in [1.29, 1.82) is 0 Å². The van der Waals surface area contributed by atoms with Crippen LogP contribution in [0.5, 0.6) is 5.88 Å². The Kier molecular flexibility index (Phi) is 5.02. The van der Waals surface area contributed by atoms with E-state index in [4.69, 9.17) is 9.84 Å². The summed E-state index contributed by atoms with van der Waals surface area (Å²) in [6, 6.07) is 8.60. The molecule has 0 aliphatic heterocycles. The van der Waals surface area contributed by atoms with E-state index in [0.29, 0.717) is 18.1 Å². The Morgan fingerprint density at radius 1 is 1.25 bits per heavy atom. The first-order valence-electron chi connectivity index (χ1n) is 7.46. The molecule has 0 aliphatic carbocycles. The Bertz CT molecular complexity index is 776. The number of nitrogens with one attached hydrogen (secondary N) is 1. The van der Waals surface area contributed by atoms with E-state index in [1.54, 1.807) is 41.6 Å². The van der Waals surface area contributed by atoms with Crippen LogP contribution in [0.2, 0.25) is 0 Å². The first-order chi connectivity index (χ1) is 11.8. The highest BCUT2D eigenvalue weighted by atomic mass is 19.1. The fourth-order valence-electron chi connectivity index (χ4n) is 2.20. The summed E-state index contributed by atoms with van der Waals surface area (Å²) in [4.78, 5) is 8.03. The fourth-order valence-corrected chi connectivity index (χ4v) is 2.20.